The number of hydrogen-bond acceptors (Lipinski definition) is 6. The van der Waals surface area contributed by atoms with E-state index in [9.17, 15) is 4.79 Å². The van der Waals surface area contributed by atoms with Gasteiger partial charge < -0.3 is 19.0 Å². The molecule has 1 fully saturated rings. The molecular weight excluding hydrogens is 376 g/mol. The second-order valence-corrected chi connectivity index (χ2v) is 7.56. The van der Waals surface area contributed by atoms with Gasteiger partial charge >= 0.3 is 0 Å². The van der Waals surface area contributed by atoms with Crippen LogP contribution >= 0.6 is 11.8 Å². The average molecular weight is 398 g/mol. The Labute approximate surface area is 167 Å². The molecule has 0 spiro atoms. The monoisotopic (exact) mass is 398 g/mol. The van der Waals surface area contributed by atoms with Crippen molar-refractivity contribution in [3.05, 3.63) is 65.9 Å². The molecule has 1 aromatic carbocycles. The van der Waals surface area contributed by atoms with Gasteiger partial charge in [-0.05, 0) is 30.5 Å². The molecule has 1 atom stereocenters. The maximum atomic E-state index is 12.2. The molecule has 1 N–H and O–H groups in total. The third kappa shape index (κ3) is 4.63. The van der Waals surface area contributed by atoms with Gasteiger partial charge in [0.1, 0.15) is 0 Å². The topological polar surface area (TPSA) is 82.2 Å². The third-order valence-electron chi connectivity index (χ3n) is 4.55. The van der Waals surface area contributed by atoms with E-state index < -0.39 is 0 Å². The molecule has 146 valence electrons. The Kier molecular flexibility index (Phi) is 6.08. The Bertz CT molecular complexity index is 890. The number of benzene rings is 1. The van der Waals surface area contributed by atoms with Crippen LogP contribution in [0.3, 0.4) is 0 Å². The van der Waals surface area contributed by atoms with Crippen molar-refractivity contribution in [2.45, 2.75) is 37.2 Å². The molecule has 7 nitrogen and oxygen atoms in total. The number of carbonyl (C=O) groups is 1. The molecule has 1 amide bonds. The summed E-state index contributed by atoms with van der Waals surface area (Å²) in [4.78, 5) is 12.2. The molecule has 0 bridgehead atoms. The van der Waals surface area contributed by atoms with E-state index in [2.05, 4.69) is 32.2 Å². The fraction of sp³-hybridized carbons (Fsp3) is 0.350. The van der Waals surface area contributed by atoms with E-state index in [1.807, 2.05) is 18.2 Å². The van der Waals surface area contributed by atoms with E-state index >= 15 is 0 Å². The standard InChI is InChI=1S/C20H22N4O3S/c25-19(17-9-5-11-27-17)21-12-18-22-23-20(28-14-16-8-4-10-26-16)24(18)13-15-6-2-1-3-7-15/h1-3,5-7,9,11,16H,4,8,10,12-14H2,(H,21,25). The molecule has 1 aliphatic heterocycles. The van der Waals surface area contributed by atoms with Gasteiger partial charge in [-0.2, -0.15) is 0 Å². The van der Waals surface area contributed by atoms with Gasteiger partial charge in [0.15, 0.2) is 16.7 Å². The van der Waals surface area contributed by atoms with Crippen molar-refractivity contribution in [1.82, 2.24) is 20.1 Å². The van der Waals surface area contributed by atoms with Gasteiger partial charge in [0.2, 0.25) is 0 Å². The summed E-state index contributed by atoms with van der Waals surface area (Å²) >= 11 is 1.65. The number of ether oxygens (including phenoxy) is 1. The van der Waals surface area contributed by atoms with Crippen LogP contribution in [-0.4, -0.2) is 39.1 Å². The lowest BCUT2D eigenvalue weighted by molar-refractivity contribution is 0.0921. The van der Waals surface area contributed by atoms with Crippen LogP contribution in [0.2, 0.25) is 0 Å². The van der Waals surface area contributed by atoms with Crippen molar-refractivity contribution in [3.63, 3.8) is 0 Å². The molecule has 1 aliphatic rings. The van der Waals surface area contributed by atoms with Crippen LogP contribution in [0.25, 0.3) is 0 Å². The highest BCUT2D eigenvalue weighted by Gasteiger charge is 2.19. The summed E-state index contributed by atoms with van der Waals surface area (Å²) in [7, 11) is 0. The number of carbonyl (C=O) groups excluding carboxylic acids is 1. The largest absolute Gasteiger partial charge is 0.459 e. The van der Waals surface area contributed by atoms with E-state index in [0.29, 0.717) is 12.4 Å². The summed E-state index contributed by atoms with van der Waals surface area (Å²) in [5, 5.41) is 12.4. The molecule has 4 rings (SSSR count). The minimum Gasteiger partial charge on any atom is -0.459 e. The SMILES string of the molecule is O=C(NCc1nnc(SCC2CCCO2)n1Cc1ccccc1)c1ccco1. The van der Waals surface area contributed by atoms with Crippen LogP contribution in [0.1, 0.15) is 34.8 Å². The Morgan fingerprint density at radius 1 is 1.21 bits per heavy atom. The van der Waals surface area contributed by atoms with Crippen LogP contribution in [0.4, 0.5) is 0 Å². The van der Waals surface area contributed by atoms with Gasteiger partial charge in [-0.3, -0.25) is 4.79 Å². The first-order valence-corrected chi connectivity index (χ1v) is 10.3. The zero-order valence-electron chi connectivity index (χ0n) is 15.4. The van der Waals surface area contributed by atoms with Crippen LogP contribution in [0.5, 0.6) is 0 Å². The highest BCUT2D eigenvalue weighted by molar-refractivity contribution is 7.99. The van der Waals surface area contributed by atoms with Gasteiger partial charge in [-0.1, -0.05) is 42.1 Å². The smallest absolute Gasteiger partial charge is 0.287 e. The number of thioether (sulfide) groups is 1. The Hall–Kier alpha value is -2.58. The quantitative estimate of drug-likeness (QED) is 0.587. The number of nitrogens with one attached hydrogen (secondary N) is 1. The zero-order valence-corrected chi connectivity index (χ0v) is 16.2. The zero-order chi connectivity index (χ0) is 19.2. The summed E-state index contributed by atoms with van der Waals surface area (Å²) in [6.45, 7) is 1.76. The van der Waals surface area contributed by atoms with Gasteiger partial charge in [0, 0.05) is 12.4 Å². The summed E-state index contributed by atoms with van der Waals surface area (Å²) < 4.78 is 12.9. The van der Waals surface area contributed by atoms with Crippen LogP contribution in [0.15, 0.2) is 58.3 Å². The fourth-order valence-electron chi connectivity index (χ4n) is 3.08. The predicted molar refractivity (Wildman–Crippen MR) is 105 cm³/mol. The van der Waals surface area contributed by atoms with Crippen molar-refractivity contribution < 1.29 is 13.9 Å². The number of furan rings is 1. The molecule has 0 saturated carbocycles. The minimum atomic E-state index is -0.271. The van der Waals surface area contributed by atoms with Gasteiger partial charge in [-0.15, -0.1) is 10.2 Å². The first-order valence-electron chi connectivity index (χ1n) is 9.31. The number of nitrogens with zero attached hydrogens (tertiary/aromatic N) is 3. The molecule has 1 saturated heterocycles. The molecule has 0 aliphatic carbocycles. The second-order valence-electron chi connectivity index (χ2n) is 6.58. The summed E-state index contributed by atoms with van der Waals surface area (Å²) in [5.41, 5.74) is 1.15. The van der Waals surface area contributed by atoms with Crippen molar-refractivity contribution >= 4 is 17.7 Å². The maximum Gasteiger partial charge on any atom is 0.287 e. The number of rotatable bonds is 8. The third-order valence-corrected chi connectivity index (χ3v) is 5.65. The lowest BCUT2D eigenvalue weighted by Gasteiger charge is -2.12. The molecule has 2 aromatic heterocycles. The Morgan fingerprint density at radius 2 is 2.11 bits per heavy atom. The molecule has 3 heterocycles. The minimum absolute atomic E-state index is 0.271. The predicted octanol–water partition coefficient (Wildman–Crippen LogP) is 3.12. The van der Waals surface area contributed by atoms with Crippen LogP contribution in [-0.2, 0) is 17.8 Å². The van der Waals surface area contributed by atoms with Gasteiger partial charge in [0.05, 0.1) is 25.5 Å². The van der Waals surface area contributed by atoms with E-state index in [0.717, 1.165) is 35.9 Å². The second kappa shape index (κ2) is 9.07. The van der Waals surface area contributed by atoms with Gasteiger partial charge in [0.25, 0.3) is 5.91 Å². The lowest BCUT2D eigenvalue weighted by atomic mass is 10.2. The Morgan fingerprint density at radius 3 is 2.86 bits per heavy atom. The first kappa shape index (κ1) is 18.8. The van der Waals surface area contributed by atoms with Crippen molar-refractivity contribution in [1.29, 1.82) is 0 Å². The average Bonchev–Trinajstić information content (AvgIpc) is 3.48. The van der Waals surface area contributed by atoms with Gasteiger partial charge in [-0.25, -0.2) is 0 Å². The Balaban J connectivity index is 1.48. The van der Waals surface area contributed by atoms with Crippen molar-refractivity contribution in [3.8, 4) is 0 Å². The number of amides is 1. The lowest BCUT2D eigenvalue weighted by Crippen LogP contribution is -2.24. The molecule has 0 radical (unpaired) electrons. The number of hydrogen-bond donors (Lipinski definition) is 1. The maximum absolute atomic E-state index is 12.2. The van der Waals surface area contributed by atoms with Crippen LogP contribution < -0.4 is 5.32 Å². The fourth-order valence-corrected chi connectivity index (χ4v) is 4.10. The van der Waals surface area contributed by atoms with Crippen LogP contribution in [0, 0.1) is 0 Å². The molecule has 1 unspecified atom stereocenters. The summed E-state index contributed by atoms with van der Waals surface area (Å²) in [6.07, 6.45) is 3.96. The highest BCUT2D eigenvalue weighted by Crippen LogP contribution is 2.24. The van der Waals surface area contributed by atoms with E-state index in [4.69, 9.17) is 9.15 Å². The van der Waals surface area contributed by atoms with Crippen molar-refractivity contribution in [2.24, 2.45) is 0 Å². The van der Waals surface area contributed by atoms with E-state index in [-0.39, 0.29) is 24.3 Å². The first-order chi connectivity index (χ1) is 13.8. The highest BCUT2D eigenvalue weighted by atomic mass is 32.2. The van der Waals surface area contributed by atoms with Crippen molar-refractivity contribution in [2.75, 3.05) is 12.4 Å². The van der Waals surface area contributed by atoms with E-state index in [1.165, 1.54) is 6.26 Å². The summed E-state index contributed by atoms with van der Waals surface area (Å²) in [5.74, 6) is 1.57. The number of aromatic nitrogens is 3. The molecule has 28 heavy (non-hydrogen) atoms. The normalized spacial score (nSPS) is 16.4. The molecule has 3 aromatic rings. The van der Waals surface area contributed by atoms with E-state index in [1.54, 1.807) is 23.9 Å². The summed E-state index contributed by atoms with van der Waals surface area (Å²) in [6, 6.07) is 13.5. The molecule has 8 heteroatoms. The molecular formula is C20H22N4O3S.